The second-order valence-corrected chi connectivity index (χ2v) is 11.0. The number of benzene rings is 1. The van der Waals surface area contributed by atoms with E-state index in [1.807, 2.05) is 44.3 Å². The maximum absolute atomic E-state index is 12.5. The van der Waals surface area contributed by atoms with Gasteiger partial charge in [0.2, 0.25) is 0 Å². The molecule has 2 fully saturated rings. The van der Waals surface area contributed by atoms with E-state index in [0.29, 0.717) is 4.58 Å². The molecular weight excluding hydrogens is 368 g/mol. The van der Waals surface area contributed by atoms with Gasteiger partial charge in [-0.2, -0.15) is 8.42 Å². The van der Waals surface area contributed by atoms with Crippen molar-refractivity contribution in [3.05, 3.63) is 29.8 Å². The van der Waals surface area contributed by atoms with Gasteiger partial charge in [-0.1, -0.05) is 17.7 Å². The molecule has 0 bridgehead atoms. The number of ether oxygens (including phenoxy) is 2. The lowest BCUT2D eigenvalue weighted by Gasteiger charge is -2.42. The van der Waals surface area contributed by atoms with Crippen molar-refractivity contribution in [2.24, 2.45) is 0 Å². The molecule has 0 unspecified atom stereocenters. The van der Waals surface area contributed by atoms with Crippen LogP contribution in [0.2, 0.25) is 0 Å². The molecule has 24 heavy (non-hydrogen) atoms. The predicted molar refractivity (Wildman–Crippen MR) is 96.6 cm³/mol. The molecule has 2 atom stereocenters. The van der Waals surface area contributed by atoms with Gasteiger partial charge in [-0.15, -0.1) is 23.5 Å². The van der Waals surface area contributed by atoms with Crippen LogP contribution in [0.25, 0.3) is 0 Å². The zero-order valence-electron chi connectivity index (χ0n) is 13.9. The van der Waals surface area contributed by atoms with Crippen molar-refractivity contribution in [1.29, 1.82) is 0 Å². The summed E-state index contributed by atoms with van der Waals surface area (Å²) < 4.78 is 42.6. The van der Waals surface area contributed by atoms with Crippen molar-refractivity contribution < 1.29 is 22.1 Å². The molecule has 0 aliphatic carbocycles. The Morgan fingerprint density at radius 2 is 1.92 bits per heavy atom. The zero-order valence-corrected chi connectivity index (χ0v) is 16.4. The standard InChI is InChI=1S/C16H22O5S3/c1-11-4-6-12(7-5-11)24(17,18)21-14-9-19-16(2,3)20-13(14)8-15-22-10-23-15/h4-7,13-15H,8-10H2,1-3H3/t13-,14-/m0/s1. The maximum atomic E-state index is 12.5. The fourth-order valence-electron chi connectivity index (χ4n) is 2.57. The monoisotopic (exact) mass is 390 g/mol. The number of aryl methyl sites for hydroxylation is 1. The third-order valence-electron chi connectivity index (χ3n) is 3.94. The molecule has 2 heterocycles. The van der Waals surface area contributed by atoms with Gasteiger partial charge in [-0.25, -0.2) is 0 Å². The van der Waals surface area contributed by atoms with E-state index in [9.17, 15) is 8.42 Å². The van der Waals surface area contributed by atoms with Gasteiger partial charge < -0.3 is 9.47 Å². The Hall–Kier alpha value is -0.250. The first-order valence-electron chi connectivity index (χ1n) is 7.80. The van der Waals surface area contributed by atoms with E-state index < -0.39 is 22.0 Å². The van der Waals surface area contributed by atoms with Gasteiger partial charge in [0.1, 0.15) is 6.10 Å². The van der Waals surface area contributed by atoms with Crippen LogP contribution in [-0.4, -0.2) is 42.7 Å². The molecular formula is C16H22O5S3. The van der Waals surface area contributed by atoms with Crippen LogP contribution in [0.5, 0.6) is 0 Å². The van der Waals surface area contributed by atoms with Crippen LogP contribution in [0.1, 0.15) is 25.8 Å². The van der Waals surface area contributed by atoms with Crippen molar-refractivity contribution in [3.63, 3.8) is 0 Å². The summed E-state index contributed by atoms with van der Waals surface area (Å²) >= 11 is 3.71. The summed E-state index contributed by atoms with van der Waals surface area (Å²) in [5.41, 5.74) is 0.997. The molecule has 2 aliphatic heterocycles. The normalized spacial score (nSPS) is 27.6. The molecule has 5 nitrogen and oxygen atoms in total. The first-order valence-corrected chi connectivity index (χ1v) is 11.3. The van der Waals surface area contributed by atoms with Gasteiger partial charge in [-0.05, 0) is 39.3 Å². The highest BCUT2D eigenvalue weighted by atomic mass is 32.3. The molecule has 1 aromatic carbocycles. The largest absolute Gasteiger partial charge is 0.348 e. The lowest BCUT2D eigenvalue weighted by molar-refractivity contribution is -0.299. The summed E-state index contributed by atoms with van der Waals surface area (Å²) in [6, 6.07) is 6.64. The summed E-state index contributed by atoms with van der Waals surface area (Å²) in [6.07, 6.45) is -0.193. The van der Waals surface area contributed by atoms with E-state index in [0.717, 1.165) is 17.1 Å². The smallest absolute Gasteiger partial charge is 0.297 e. The SMILES string of the molecule is Cc1ccc(S(=O)(=O)O[C@H]2COC(C)(C)O[C@H]2CC2SCS2)cc1. The molecule has 0 spiro atoms. The lowest BCUT2D eigenvalue weighted by atomic mass is 10.1. The lowest BCUT2D eigenvalue weighted by Crippen LogP contribution is -2.51. The molecule has 134 valence electrons. The maximum Gasteiger partial charge on any atom is 0.297 e. The number of thioether (sulfide) groups is 2. The molecule has 0 radical (unpaired) electrons. The third-order valence-corrected chi connectivity index (χ3v) is 8.32. The quantitative estimate of drug-likeness (QED) is 0.714. The first-order chi connectivity index (χ1) is 11.3. The summed E-state index contributed by atoms with van der Waals surface area (Å²) in [5, 5.41) is 1.07. The van der Waals surface area contributed by atoms with Gasteiger partial charge in [0.15, 0.2) is 5.79 Å². The summed E-state index contributed by atoms with van der Waals surface area (Å²) in [6.45, 7) is 5.79. The summed E-state index contributed by atoms with van der Waals surface area (Å²) in [5.74, 6) is -0.725. The van der Waals surface area contributed by atoms with Crippen LogP contribution < -0.4 is 0 Å². The van der Waals surface area contributed by atoms with Crippen LogP contribution in [-0.2, 0) is 23.8 Å². The second-order valence-electron chi connectivity index (χ2n) is 6.39. The van der Waals surface area contributed by atoms with E-state index in [1.165, 1.54) is 0 Å². The Morgan fingerprint density at radius 1 is 1.25 bits per heavy atom. The van der Waals surface area contributed by atoms with Gasteiger partial charge >= 0.3 is 0 Å². The fraction of sp³-hybridized carbons (Fsp3) is 0.625. The number of hydrogen-bond acceptors (Lipinski definition) is 7. The molecule has 0 N–H and O–H groups in total. The Kier molecular flexibility index (Phi) is 5.54. The van der Waals surface area contributed by atoms with Crippen molar-refractivity contribution in [1.82, 2.24) is 0 Å². The predicted octanol–water partition coefficient (Wildman–Crippen LogP) is 3.37. The van der Waals surface area contributed by atoms with Crippen LogP contribution in [0, 0.1) is 6.92 Å². The highest BCUT2D eigenvalue weighted by Crippen LogP contribution is 2.43. The summed E-state index contributed by atoms with van der Waals surface area (Å²) in [4.78, 5) is 0.157. The molecule has 0 aromatic heterocycles. The molecule has 2 aliphatic rings. The Balaban J connectivity index is 1.74. The number of rotatable bonds is 5. The molecule has 2 saturated heterocycles. The molecule has 0 saturated carbocycles. The average molecular weight is 391 g/mol. The average Bonchev–Trinajstić information content (AvgIpc) is 2.45. The zero-order chi connectivity index (χ0) is 17.4. The van der Waals surface area contributed by atoms with Crippen LogP contribution in [0.15, 0.2) is 29.2 Å². The Bertz CT molecular complexity index is 667. The van der Waals surface area contributed by atoms with Crippen LogP contribution >= 0.6 is 23.5 Å². The van der Waals surface area contributed by atoms with Crippen molar-refractivity contribution >= 4 is 33.6 Å². The van der Waals surface area contributed by atoms with Crippen molar-refractivity contribution in [2.75, 3.05) is 11.7 Å². The highest BCUT2D eigenvalue weighted by molar-refractivity contribution is 8.32. The minimum Gasteiger partial charge on any atom is -0.348 e. The van der Waals surface area contributed by atoms with Crippen LogP contribution in [0.4, 0.5) is 0 Å². The van der Waals surface area contributed by atoms with E-state index in [2.05, 4.69) is 0 Å². The minimum absolute atomic E-state index is 0.157. The third kappa shape index (κ3) is 4.47. The first kappa shape index (κ1) is 18.5. The van der Waals surface area contributed by atoms with Gasteiger partial charge in [-0.3, -0.25) is 4.18 Å². The summed E-state index contributed by atoms with van der Waals surface area (Å²) in [7, 11) is -3.84. The van der Waals surface area contributed by atoms with Crippen LogP contribution in [0.3, 0.4) is 0 Å². The van der Waals surface area contributed by atoms with E-state index in [1.54, 1.807) is 24.3 Å². The van der Waals surface area contributed by atoms with Gasteiger partial charge in [0, 0.05) is 5.08 Å². The topological polar surface area (TPSA) is 61.8 Å². The second kappa shape index (κ2) is 7.17. The minimum atomic E-state index is -3.84. The Labute approximate surface area is 151 Å². The van der Waals surface area contributed by atoms with E-state index in [-0.39, 0.29) is 17.6 Å². The number of hydrogen-bond donors (Lipinski definition) is 0. The Morgan fingerprint density at radius 3 is 2.50 bits per heavy atom. The van der Waals surface area contributed by atoms with E-state index in [4.69, 9.17) is 13.7 Å². The molecule has 3 rings (SSSR count). The fourth-order valence-corrected chi connectivity index (χ4v) is 5.62. The van der Waals surface area contributed by atoms with Gasteiger partial charge in [0.05, 0.1) is 22.2 Å². The molecule has 0 amide bonds. The van der Waals surface area contributed by atoms with E-state index >= 15 is 0 Å². The highest BCUT2D eigenvalue weighted by Gasteiger charge is 2.41. The van der Waals surface area contributed by atoms with Crippen molar-refractivity contribution in [3.8, 4) is 0 Å². The molecule has 1 aromatic rings. The van der Waals surface area contributed by atoms with Gasteiger partial charge in [0.25, 0.3) is 10.1 Å². The molecule has 8 heteroatoms. The van der Waals surface area contributed by atoms with Crippen molar-refractivity contribution in [2.45, 2.75) is 54.7 Å².